The maximum Gasteiger partial charge on any atom is 0.0957 e. The molecule has 0 saturated heterocycles. The van der Waals surface area contributed by atoms with Crippen LogP contribution in [0.3, 0.4) is 0 Å². The van der Waals surface area contributed by atoms with E-state index >= 15 is 0 Å². The lowest BCUT2D eigenvalue weighted by atomic mass is 10.1. The van der Waals surface area contributed by atoms with Crippen molar-refractivity contribution >= 4 is 22.1 Å². The maximum absolute atomic E-state index is 4.07. The average Bonchev–Trinajstić information content (AvgIpc) is 2.52. The monoisotopic (exact) mass is 154 g/mol. The third-order valence-corrected chi connectivity index (χ3v) is 2.13. The number of hydrogen-bond donors (Lipinski definition) is 0. The number of rotatable bonds is 0. The summed E-state index contributed by atoms with van der Waals surface area (Å²) in [5, 5.41) is 10.5. The molecule has 12 heavy (non-hydrogen) atoms. The molecule has 0 spiro atoms. The third-order valence-electron chi connectivity index (χ3n) is 2.13. The van der Waals surface area contributed by atoms with Crippen molar-refractivity contribution in [2.45, 2.75) is 0 Å². The second-order valence-electron chi connectivity index (χ2n) is 2.85. The Hall–Kier alpha value is -1.70. The summed E-state index contributed by atoms with van der Waals surface area (Å²) in [6, 6.07) is 12.2. The van der Waals surface area contributed by atoms with Gasteiger partial charge in [-0.3, -0.25) is 0 Å². The Morgan fingerprint density at radius 2 is 1.33 bits per heavy atom. The van der Waals surface area contributed by atoms with Crippen LogP contribution in [-0.2, 0) is 0 Å². The van der Waals surface area contributed by atoms with Crippen LogP contribution in [0.5, 0.6) is 0 Å². The van der Waals surface area contributed by atoms with E-state index in [0.29, 0.717) is 0 Å². The molecule has 2 aromatic rings. The van der Waals surface area contributed by atoms with Crippen LogP contribution in [0.1, 0.15) is 0 Å². The molecule has 0 amide bonds. The summed E-state index contributed by atoms with van der Waals surface area (Å²) in [6.07, 6.45) is 0. The van der Waals surface area contributed by atoms with Crippen molar-refractivity contribution in [3.63, 3.8) is 0 Å². The minimum atomic E-state index is 0.989. The fourth-order valence-corrected chi connectivity index (χ4v) is 1.58. The number of azo groups is 1. The SMILES string of the molecule is c1cc2c3c(cccc3c1)N=N2. The van der Waals surface area contributed by atoms with Crippen molar-refractivity contribution < 1.29 is 0 Å². The highest BCUT2D eigenvalue weighted by Gasteiger charge is 2.09. The molecule has 0 saturated carbocycles. The van der Waals surface area contributed by atoms with Crippen molar-refractivity contribution in [1.82, 2.24) is 0 Å². The van der Waals surface area contributed by atoms with E-state index < -0.39 is 0 Å². The zero-order chi connectivity index (χ0) is 7.97. The van der Waals surface area contributed by atoms with Gasteiger partial charge in [-0.25, -0.2) is 0 Å². The summed E-state index contributed by atoms with van der Waals surface area (Å²) in [5.74, 6) is 0. The van der Waals surface area contributed by atoms with Gasteiger partial charge >= 0.3 is 0 Å². The lowest BCUT2D eigenvalue weighted by Gasteiger charge is -1.96. The van der Waals surface area contributed by atoms with E-state index in [2.05, 4.69) is 22.4 Å². The molecule has 1 aliphatic rings. The van der Waals surface area contributed by atoms with Gasteiger partial charge in [-0.1, -0.05) is 24.3 Å². The van der Waals surface area contributed by atoms with Gasteiger partial charge in [-0.05, 0) is 17.5 Å². The molecular weight excluding hydrogens is 148 g/mol. The van der Waals surface area contributed by atoms with Gasteiger partial charge in [-0.15, -0.1) is 10.2 Å². The normalized spacial score (nSPS) is 12.7. The van der Waals surface area contributed by atoms with Crippen LogP contribution in [0.4, 0.5) is 11.4 Å². The molecule has 0 atom stereocenters. The van der Waals surface area contributed by atoms with Gasteiger partial charge in [0.1, 0.15) is 0 Å². The first-order valence-corrected chi connectivity index (χ1v) is 3.89. The third kappa shape index (κ3) is 0.593. The van der Waals surface area contributed by atoms with Crippen molar-refractivity contribution in [2.75, 3.05) is 0 Å². The molecule has 0 aromatic heterocycles. The molecule has 0 bridgehead atoms. The quantitative estimate of drug-likeness (QED) is 0.473. The van der Waals surface area contributed by atoms with E-state index in [1.807, 2.05) is 24.3 Å². The zero-order valence-corrected chi connectivity index (χ0v) is 6.36. The zero-order valence-electron chi connectivity index (χ0n) is 6.36. The molecule has 0 radical (unpaired) electrons. The summed E-state index contributed by atoms with van der Waals surface area (Å²) in [4.78, 5) is 0. The first-order valence-electron chi connectivity index (χ1n) is 3.89. The predicted octanol–water partition coefficient (Wildman–Crippen LogP) is 3.57. The van der Waals surface area contributed by atoms with Crippen molar-refractivity contribution in [3.8, 4) is 0 Å². The summed E-state index contributed by atoms with van der Waals surface area (Å²) in [7, 11) is 0. The van der Waals surface area contributed by atoms with E-state index in [1.54, 1.807) is 0 Å². The second kappa shape index (κ2) is 1.91. The van der Waals surface area contributed by atoms with E-state index in [0.717, 1.165) is 11.4 Å². The van der Waals surface area contributed by atoms with Crippen LogP contribution in [-0.4, -0.2) is 0 Å². The van der Waals surface area contributed by atoms with E-state index in [1.165, 1.54) is 10.8 Å². The van der Waals surface area contributed by atoms with Gasteiger partial charge in [0, 0.05) is 5.39 Å². The van der Waals surface area contributed by atoms with Gasteiger partial charge < -0.3 is 0 Å². The highest BCUT2D eigenvalue weighted by Crippen LogP contribution is 2.39. The molecule has 0 N–H and O–H groups in total. The smallest absolute Gasteiger partial charge is 0.0957 e. The molecule has 0 aliphatic carbocycles. The lowest BCUT2D eigenvalue weighted by molar-refractivity contribution is 1.30. The van der Waals surface area contributed by atoms with Crippen LogP contribution in [0.15, 0.2) is 46.6 Å². The highest BCUT2D eigenvalue weighted by atomic mass is 15.1. The minimum absolute atomic E-state index is 0.989. The Morgan fingerprint density at radius 3 is 1.92 bits per heavy atom. The van der Waals surface area contributed by atoms with Gasteiger partial charge in [0.2, 0.25) is 0 Å². The molecule has 0 unspecified atom stereocenters. The van der Waals surface area contributed by atoms with Crippen LogP contribution in [0, 0.1) is 0 Å². The molecule has 1 heterocycles. The average molecular weight is 154 g/mol. The van der Waals surface area contributed by atoms with Crippen molar-refractivity contribution in [3.05, 3.63) is 36.4 Å². The molecular formula is C10H6N2. The van der Waals surface area contributed by atoms with Crippen LogP contribution < -0.4 is 0 Å². The minimum Gasteiger partial charge on any atom is -0.150 e. The number of benzene rings is 2. The highest BCUT2D eigenvalue weighted by molar-refractivity contribution is 6.02. The summed E-state index contributed by atoms with van der Waals surface area (Å²) >= 11 is 0. The summed E-state index contributed by atoms with van der Waals surface area (Å²) in [6.45, 7) is 0. The first kappa shape index (κ1) is 5.89. The second-order valence-corrected chi connectivity index (χ2v) is 2.85. The Morgan fingerprint density at radius 1 is 0.750 bits per heavy atom. The predicted molar refractivity (Wildman–Crippen MR) is 48.1 cm³/mol. The van der Waals surface area contributed by atoms with Crippen LogP contribution in [0.25, 0.3) is 10.8 Å². The fourth-order valence-electron chi connectivity index (χ4n) is 1.58. The molecule has 56 valence electrons. The summed E-state index contributed by atoms with van der Waals surface area (Å²) in [5.41, 5.74) is 1.98. The Kier molecular flexibility index (Phi) is 0.939. The Labute approximate surface area is 69.6 Å². The number of hydrogen-bond acceptors (Lipinski definition) is 2. The first-order chi connectivity index (χ1) is 5.95. The van der Waals surface area contributed by atoms with Gasteiger partial charge in [0.15, 0.2) is 0 Å². The van der Waals surface area contributed by atoms with Gasteiger partial charge in [0.25, 0.3) is 0 Å². The Bertz CT molecular complexity index is 445. The van der Waals surface area contributed by atoms with Crippen molar-refractivity contribution in [2.24, 2.45) is 10.2 Å². The molecule has 2 aromatic carbocycles. The topological polar surface area (TPSA) is 24.7 Å². The maximum atomic E-state index is 4.07. The van der Waals surface area contributed by atoms with Gasteiger partial charge in [0.05, 0.1) is 11.4 Å². The molecule has 2 heteroatoms. The fraction of sp³-hybridized carbons (Fsp3) is 0. The van der Waals surface area contributed by atoms with E-state index in [4.69, 9.17) is 0 Å². The molecule has 3 rings (SSSR count). The molecule has 1 aliphatic heterocycles. The van der Waals surface area contributed by atoms with E-state index in [-0.39, 0.29) is 0 Å². The Balaban J connectivity index is 2.64. The number of nitrogens with zero attached hydrogens (tertiary/aromatic N) is 2. The van der Waals surface area contributed by atoms with Crippen molar-refractivity contribution in [1.29, 1.82) is 0 Å². The summed E-state index contributed by atoms with van der Waals surface area (Å²) < 4.78 is 0. The molecule has 2 nitrogen and oxygen atoms in total. The molecule has 0 fully saturated rings. The largest absolute Gasteiger partial charge is 0.150 e. The van der Waals surface area contributed by atoms with E-state index in [9.17, 15) is 0 Å². The van der Waals surface area contributed by atoms with Crippen LogP contribution >= 0.6 is 0 Å². The lowest BCUT2D eigenvalue weighted by Crippen LogP contribution is -1.68. The van der Waals surface area contributed by atoms with Gasteiger partial charge in [-0.2, -0.15) is 0 Å². The standard InChI is InChI=1S/C10H6N2/c1-3-7-4-2-6-9-10(7)8(5-1)11-12-9/h1-6H. The van der Waals surface area contributed by atoms with Crippen LogP contribution in [0.2, 0.25) is 0 Å².